The van der Waals surface area contributed by atoms with Crippen LogP contribution in [0.5, 0.6) is 0 Å². The van der Waals surface area contributed by atoms with Crippen molar-refractivity contribution in [2.24, 2.45) is 11.8 Å². The second kappa shape index (κ2) is 12.9. The van der Waals surface area contributed by atoms with Crippen LogP contribution in [0.15, 0.2) is 84.9 Å². The Morgan fingerprint density at radius 2 is 1.56 bits per heavy atom. The van der Waals surface area contributed by atoms with E-state index >= 15 is 0 Å². The fourth-order valence-corrected chi connectivity index (χ4v) is 8.44. The van der Waals surface area contributed by atoms with E-state index in [1.807, 2.05) is 72.8 Å². The summed E-state index contributed by atoms with van der Waals surface area (Å²) in [5.41, 5.74) is 1.93. The number of carbonyl (C=O) groups excluding carboxylic acids is 3. The van der Waals surface area contributed by atoms with Crippen molar-refractivity contribution in [1.82, 2.24) is 4.90 Å². The van der Waals surface area contributed by atoms with Gasteiger partial charge in [-0.15, -0.1) is 0 Å². The second-order valence-electron chi connectivity index (χ2n) is 12.0. The Morgan fingerprint density at radius 3 is 2.18 bits per heavy atom. The Balaban J connectivity index is 1.36. The summed E-state index contributed by atoms with van der Waals surface area (Å²) in [4.78, 5) is 46.2. The molecule has 3 aliphatic rings. The van der Waals surface area contributed by atoms with E-state index in [4.69, 9.17) is 4.74 Å². The van der Waals surface area contributed by atoms with Crippen LogP contribution in [0.3, 0.4) is 0 Å². The number of nitrogens with zero attached hydrogens (tertiary/aromatic N) is 2. The number of halogens is 1. The third-order valence-corrected chi connectivity index (χ3v) is 10.3. The third-order valence-electron chi connectivity index (χ3n) is 9.50. The fraction of sp³-hybridized carbons (Fsp3) is 0.400. The molecule has 45 heavy (non-hydrogen) atoms. The predicted octanol–water partition coefficient (Wildman–Crippen LogP) is 4.46. The highest BCUT2D eigenvalue weighted by molar-refractivity contribution is 9.09. The van der Waals surface area contributed by atoms with E-state index in [-0.39, 0.29) is 23.2 Å². The van der Waals surface area contributed by atoms with Crippen molar-refractivity contribution in [2.45, 2.75) is 55.3 Å². The van der Waals surface area contributed by atoms with Gasteiger partial charge in [-0.05, 0) is 68.7 Å². The Labute approximate surface area is 272 Å². The molecule has 3 aromatic carbocycles. The number of anilines is 3. The first-order chi connectivity index (χ1) is 21.8. The molecule has 3 saturated heterocycles. The molecule has 3 fully saturated rings. The average molecular weight is 676 g/mol. The molecule has 236 valence electrons. The zero-order chi connectivity index (χ0) is 31.7. The van der Waals surface area contributed by atoms with Gasteiger partial charge in [0, 0.05) is 35.0 Å². The SMILES string of the molecule is CCN(CC)c1ccc(NC(=O)C2N([C@@H](CO)Cc3ccccc3)C(=O)[C@@H]3[C@@H](C(=O)Nc4ccccc4)[C@@H]4OC23CC4Br)cc1. The maximum absolute atomic E-state index is 14.5. The van der Waals surface area contributed by atoms with Crippen LogP contribution in [0.25, 0.3) is 0 Å². The molecule has 3 amide bonds. The summed E-state index contributed by atoms with van der Waals surface area (Å²) in [5, 5.41) is 16.7. The molecule has 3 N–H and O–H groups in total. The van der Waals surface area contributed by atoms with Crippen LogP contribution in [-0.4, -0.2) is 76.0 Å². The van der Waals surface area contributed by atoms with Gasteiger partial charge in [-0.1, -0.05) is 64.5 Å². The Kier molecular flexibility index (Phi) is 8.99. The first kappa shape index (κ1) is 31.3. The van der Waals surface area contributed by atoms with Gasteiger partial charge in [0.1, 0.15) is 11.6 Å². The number of hydrogen-bond donors (Lipinski definition) is 3. The van der Waals surface area contributed by atoms with E-state index in [1.54, 1.807) is 12.1 Å². The Hall–Kier alpha value is -3.73. The number of alkyl halides is 1. The topological polar surface area (TPSA) is 111 Å². The highest BCUT2D eigenvalue weighted by atomic mass is 79.9. The minimum Gasteiger partial charge on any atom is -0.394 e. The minimum atomic E-state index is -1.25. The van der Waals surface area contributed by atoms with E-state index in [1.165, 1.54) is 4.90 Å². The molecule has 3 heterocycles. The summed E-state index contributed by atoms with van der Waals surface area (Å²) in [6, 6.07) is 24.5. The smallest absolute Gasteiger partial charge is 0.250 e. The summed E-state index contributed by atoms with van der Waals surface area (Å²) < 4.78 is 6.64. The number of fused-ring (bicyclic) bond motifs is 1. The van der Waals surface area contributed by atoms with Crippen LogP contribution >= 0.6 is 15.9 Å². The van der Waals surface area contributed by atoms with Crippen molar-refractivity contribution in [1.29, 1.82) is 0 Å². The van der Waals surface area contributed by atoms with Crippen molar-refractivity contribution in [3.63, 3.8) is 0 Å². The van der Waals surface area contributed by atoms with E-state index < -0.39 is 41.5 Å². The lowest BCUT2D eigenvalue weighted by atomic mass is 9.70. The number of carbonyl (C=O) groups is 3. The van der Waals surface area contributed by atoms with E-state index in [9.17, 15) is 19.5 Å². The van der Waals surface area contributed by atoms with Crippen LogP contribution in [0.2, 0.25) is 0 Å². The van der Waals surface area contributed by atoms with Crippen molar-refractivity contribution in [3.05, 3.63) is 90.5 Å². The normalized spacial score (nSPS) is 27.2. The zero-order valence-corrected chi connectivity index (χ0v) is 27.0. The maximum atomic E-state index is 14.5. The number of benzene rings is 3. The minimum absolute atomic E-state index is 0.238. The lowest BCUT2D eigenvalue weighted by molar-refractivity contribution is -0.143. The van der Waals surface area contributed by atoms with Gasteiger partial charge in [0.25, 0.3) is 0 Å². The van der Waals surface area contributed by atoms with Crippen LogP contribution < -0.4 is 15.5 Å². The largest absolute Gasteiger partial charge is 0.394 e. The molecule has 0 aliphatic carbocycles. The summed E-state index contributed by atoms with van der Waals surface area (Å²) in [6.45, 7) is 5.55. The second-order valence-corrected chi connectivity index (χ2v) is 13.2. The van der Waals surface area contributed by atoms with E-state index in [0.29, 0.717) is 24.2 Å². The first-order valence-corrected chi connectivity index (χ1v) is 16.5. The quantitative estimate of drug-likeness (QED) is 0.259. The van der Waals surface area contributed by atoms with Crippen molar-refractivity contribution < 1.29 is 24.2 Å². The van der Waals surface area contributed by atoms with Gasteiger partial charge in [0.15, 0.2) is 0 Å². The van der Waals surface area contributed by atoms with Gasteiger partial charge < -0.3 is 30.3 Å². The molecule has 7 atom stereocenters. The average Bonchev–Trinajstić information content (AvgIpc) is 3.65. The summed E-state index contributed by atoms with van der Waals surface area (Å²) in [5.74, 6) is -2.78. The molecule has 10 heteroatoms. The fourth-order valence-electron chi connectivity index (χ4n) is 7.50. The number of hydrogen-bond acceptors (Lipinski definition) is 6. The molecule has 6 rings (SSSR count). The van der Waals surface area contributed by atoms with Crippen molar-refractivity contribution in [2.75, 3.05) is 35.2 Å². The van der Waals surface area contributed by atoms with Gasteiger partial charge in [0.05, 0.1) is 30.6 Å². The highest BCUT2D eigenvalue weighted by Crippen LogP contribution is 2.60. The number of likely N-dealkylation sites (tertiary alicyclic amines) is 1. The Bertz CT molecular complexity index is 1520. The van der Waals surface area contributed by atoms with Crippen molar-refractivity contribution in [3.8, 4) is 0 Å². The molecule has 0 radical (unpaired) electrons. The lowest BCUT2D eigenvalue weighted by Crippen LogP contribution is -2.57. The number of nitrogens with one attached hydrogen (secondary N) is 2. The van der Waals surface area contributed by atoms with Gasteiger partial charge in [-0.3, -0.25) is 14.4 Å². The monoisotopic (exact) mass is 674 g/mol. The maximum Gasteiger partial charge on any atom is 0.250 e. The van der Waals surface area contributed by atoms with E-state index in [2.05, 4.69) is 45.3 Å². The van der Waals surface area contributed by atoms with Crippen LogP contribution in [0.4, 0.5) is 17.1 Å². The summed E-state index contributed by atoms with van der Waals surface area (Å²) in [6.07, 6.45) is 0.133. The van der Waals surface area contributed by atoms with Crippen LogP contribution in [0, 0.1) is 11.8 Å². The number of rotatable bonds is 11. The summed E-state index contributed by atoms with van der Waals surface area (Å²) in [7, 11) is 0. The van der Waals surface area contributed by atoms with Crippen LogP contribution in [-0.2, 0) is 25.5 Å². The van der Waals surface area contributed by atoms with Crippen LogP contribution in [0.1, 0.15) is 25.8 Å². The molecule has 3 aliphatic heterocycles. The third kappa shape index (κ3) is 5.64. The Morgan fingerprint density at radius 1 is 0.956 bits per heavy atom. The number of para-hydroxylation sites is 1. The van der Waals surface area contributed by atoms with Gasteiger partial charge >= 0.3 is 0 Å². The molecule has 1 spiro atoms. The molecular weight excluding hydrogens is 636 g/mol. The predicted molar refractivity (Wildman–Crippen MR) is 177 cm³/mol. The van der Waals surface area contributed by atoms with Gasteiger partial charge in [-0.25, -0.2) is 0 Å². The molecular formula is C35H39BrN4O5. The first-order valence-electron chi connectivity index (χ1n) is 15.6. The van der Waals surface area contributed by atoms with Crippen molar-refractivity contribution >= 4 is 50.7 Å². The molecule has 0 aromatic heterocycles. The zero-order valence-electron chi connectivity index (χ0n) is 25.4. The van der Waals surface area contributed by atoms with Gasteiger partial charge in [0.2, 0.25) is 17.7 Å². The van der Waals surface area contributed by atoms with Gasteiger partial charge in [-0.2, -0.15) is 0 Å². The summed E-state index contributed by atoms with van der Waals surface area (Å²) >= 11 is 3.73. The molecule has 3 unspecified atom stereocenters. The standard InChI is InChI=1S/C35H39BrN4O5/c1-3-39(4-2)25-17-15-24(16-18-25)38-33(43)31-35-20-27(36)30(45-35)28(32(42)37-23-13-9-6-10-14-23)29(35)34(44)40(31)26(21-41)19-22-11-7-5-8-12-22/h5-18,26-31,41H,3-4,19-21H2,1-2H3,(H,37,42)(H,38,43)/t26-,27?,28-,29+,30-,31?,35?/m1/s1. The lowest BCUT2D eigenvalue weighted by Gasteiger charge is -2.37. The molecule has 2 bridgehead atoms. The molecule has 0 saturated carbocycles. The molecule has 9 nitrogen and oxygen atoms in total. The number of aliphatic hydroxyl groups excluding tert-OH is 1. The molecule has 3 aromatic rings. The number of aliphatic hydroxyl groups is 1. The number of amides is 3. The highest BCUT2D eigenvalue weighted by Gasteiger charge is 2.77. The number of ether oxygens (including phenoxy) is 1. The van der Waals surface area contributed by atoms with E-state index in [0.717, 1.165) is 24.3 Å².